The van der Waals surface area contributed by atoms with E-state index in [1.54, 1.807) is 7.11 Å². The van der Waals surface area contributed by atoms with E-state index in [2.05, 4.69) is 5.32 Å². The predicted molar refractivity (Wildman–Crippen MR) is 84.6 cm³/mol. The lowest BCUT2D eigenvalue weighted by Crippen LogP contribution is -2.24. The second kappa shape index (κ2) is 7.79. The summed E-state index contributed by atoms with van der Waals surface area (Å²) in [6.45, 7) is 0. The van der Waals surface area contributed by atoms with Crippen molar-refractivity contribution in [3.63, 3.8) is 0 Å². The van der Waals surface area contributed by atoms with Gasteiger partial charge in [0.1, 0.15) is 5.75 Å². The minimum atomic E-state index is -0.741. The van der Waals surface area contributed by atoms with E-state index in [9.17, 15) is 4.21 Å². The van der Waals surface area contributed by atoms with Gasteiger partial charge in [-0.3, -0.25) is 4.21 Å². The van der Waals surface area contributed by atoms with Crippen molar-refractivity contribution in [2.75, 3.05) is 25.7 Å². The van der Waals surface area contributed by atoms with E-state index in [1.807, 2.05) is 31.3 Å². The van der Waals surface area contributed by atoms with Gasteiger partial charge in [0.2, 0.25) is 0 Å². The Kier molecular flexibility index (Phi) is 6.05. The van der Waals surface area contributed by atoms with Gasteiger partial charge in [-0.2, -0.15) is 0 Å². The van der Waals surface area contributed by atoms with Crippen LogP contribution in [-0.4, -0.2) is 29.9 Å². The zero-order valence-electron chi connectivity index (χ0n) is 12.4. The first kappa shape index (κ1) is 15.5. The van der Waals surface area contributed by atoms with E-state index >= 15 is 0 Å². The predicted octanol–water partition coefficient (Wildman–Crippen LogP) is 2.89. The lowest BCUT2D eigenvalue weighted by molar-refractivity contribution is 0.414. The molecule has 1 N–H and O–H groups in total. The van der Waals surface area contributed by atoms with Crippen molar-refractivity contribution in [2.24, 2.45) is 5.92 Å². The Bertz CT molecular complexity index is 427. The molecule has 0 aromatic heterocycles. The van der Waals surface area contributed by atoms with Crippen molar-refractivity contribution in [3.8, 4) is 5.75 Å². The number of nitrogens with one attached hydrogen (secondary N) is 1. The molecule has 0 amide bonds. The van der Waals surface area contributed by atoms with E-state index in [4.69, 9.17) is 4.74 Å². The van der Waals surface area contributed by atoms with Crippen molar-refractivity contribution < 1.29 is 8.95 Å². The van der Waals surface area contributed by atoms with Crippen LogP contribution in [-0.2, 0) is 10.8 Å². The van der Waals surface area contributed by atoms with Crippen LogP contribution in [0, 0.1) is 5.92 Å². The van der Waals surface area contributed by atoms with Crippen molar-refractivity contribution in [3.05, 3.63) is 29.8 Å². The van der Waals surface area contributed by atoms with Crippen LogP contribution < -0.4 is 10.1 Å². The monoisotopic (exact) mass is 295 g/mol. The minimum Gasteiger partial charge on any atom is -0.497 e. The normalized spacial score (nSPS) is 18.9. The summed E-state index contributed by atoms with van der Waals surface area (Å²) in [7, 11) is 2.86. The Morgan fingerprint density at radius 1 is 1.30 bits per heavy atom. The second-order valence-electron chi connectivity index (χ2n) is 5.54. The number of hydrogen-bond donors (Lipinski definition) is 1. The lowest BCUT2D eigenvalue weighted by Gasteiger charge is -2.18. The van der Waals surface area contributed by atoms with Crippen LogP contribution in [0.5, 0.6) is 5.75 Å². The smallest absolute Gasteiger partial charge is 0.118 e. The van der Waals surface area contributed by atoms with Crippen LogP contribution >= 0.6 is 0 Å². The second-order valence-corrected chi connectivity index (χ2v) is 7.08. The molecule has 0 saturated heterocycles. The molecule has 2 atom stereocenters. The molecule has 1 fully saturated rings. The third-order valence-corrected chi connectivity index (χ3v) is 5.66. The van der Waals surface area contributed by atoms with Gasteiger partial charge in [-0.1, -0.05) is 25.0 Å². The van der Waals surface area contributed by atoms with E-state index in [0.29, 0.717) is 11.7 Å². The van der Waals surface area contributed by atoms with Gasteiger partial charge in [-0.05, 0) is 43.5 Å². The maximum Gasteiger partial charge on any atom is 0.118 e. The standard InChI is InChI=1S/C16H25NO2S/c1-17-16(14-7-9-15(19-2)10-8-14)12-20(18)11-13-5-3-4-6-13/h7-10,13,16-17H,3-6,11-12H2,1-2H3. The van der Waals surface area contributed by atoms with Crippen LogP contribution in [0.2, 0.25) is 0 Å². The van der Waals surface area contributed by atoms with Crippen molar-refractivity contribution >= 4 is 10.8 Å². The molecule has 1 aromatic carbocycles. The highest BCUT2D eigenvalue weighted by Crippen LogP contribution is 2.26. The third kappa shape index (κ3) is 4.32. The number of rotatable bonds is 7. The van der Waals surface area contributed by atoms with Crippen molar-refractivity contribution in [1.29, 1.82) is 0 Å². The Hall–Kier alpha value is -0.870. The van der Waals surface area contributed by atoms with Gasteiger partial charge in [0.25, 0.3) is 0 Å². The average molecular weight is 295 g/mol. The molecule has 1 saturated carbocycles. The first-order valence-corrected chi connectivity index (χ1v) is 8.88. The highest BCUT2D eigenvalue weighted by molar-refractivity contribution is 7.85. The molecule has 112 valence electrons. The molecule has 4 heteroatoms. The summed E-state index contributed by atoms with van der Waals surface area (Å²) in [6.07, 6.45) is 5.16. The first-order valence-electron chi connectivity index (χ1n) is 7.39. The summed E-state index contributed by atoms with van der Waals surface area (Å²) in [5.74, 6) is 3.10. The molecule has 2 rings (SSSR count). The van der Waals surface area contributed by atoms with E-state index in [1.165, 1.54) is 31.2 Å². The van der Waals surface area contributed by atoms with Crippen LogP contribution in [0.3, 0.4) is 0 Å². The fourth-order valence-electron chi connectivity index (χ4n) is 2.88. The van der Waals surface area contributed by atoms with Gasteiger partial charge in [-0.25, -0.2) is 0 Å². The Balaban J connectivity index is 1.91. The topological polar surface area (TPSA) is 38.3 Å². The fraction of sp³-hybridized carbons (Fsp3) is 0.625. The Morgan fingerprint density at radius 2 is 1.95 bits per heavy atom. The summed E-state index contributed by atoms with van der Waals surface area (Å²) in [4.78, 5) is 0. The van der Waals surface area contributed by atoms with Gasteiger partial charge in [0.15, 0.2) is 0 Å². The summed E-state index contributed by atoms with van der Waals surface area (Å²) >= 11 is 0. The SMILES string of the molecule is CNC(CS(=O)CC1CCCC1)c1ccc(OC)cc1. The summed E-state index contributed by atoms with van der Waals surface area (Å²) < 4.78 is 17.5. The zero-order valence-corrected chi connectivity index (χ0v) is 13.2. The van der Waals surface area contributed by atoms with Crippen LogP contribution in [0.15, 0.2) is 24.3 Å². The van der Waals surface area contributed by atoms with Crippen LogP contribution in [0.25, 0.3) is 0 Å². The zero-order chi connectivity index (χ0) is 14.4. The maximum absolute atomic E-state index is 12.3. The van der Waals surface area contributed by atoms with Gasteiger partial charge in [0.05, 0.1) is 7.11 Å². The average Bonchev–Trinajstić information content (AvgIpc) is 2.97. The van der Waals surface area contributed by atoms with Gasteiger partial charge in [-0.15, -0.1) is 0 Å². The van der Waals surface area contributed by atoms with Gasteiger partial charge in [0, 0.05) is 28.3 Å². The van der Waals surface area contributed by atoms with Crippen LogP contribution in [0.4, 0.5) is 0 Å². The molecule has 1 aliphatic rings. The van der Waals surface area contributed by atoms with E-state index < -0.39 is 10.8 Å². The number of hydrogen-bond acceptors (Lipinski definition) is 3. The Labute approximate surface area is 124 Å². The maximum atomic E-state index is 12.3. The molecule has 0 radical (unpaired) electrons. The lowest BCUT2D eigenvalue weighted by atomic mass is 10.1. The number of benzene rings is 1. The molecule has 0 heterocycles. The van der Waals surface area contributed by atoms with Crippen molar-refractivity contribution in [1.82, 2.24) is 5.32 Å². The highest BCUT2D eigenvalue weighted by Gasteiger charge is 2.20. The third-order valence-electron chi connectivity index (χ3n) is 4.12. The number of methoxy groups -OCH3 is 1. The Morgan fingerprint density at radius 3 is 2.50 bits per heavy atom. The molecule has 1 aliphatic carbocycles. The first-order chi connectivity index (χ1) is 9.72. The van der Waals surface area contributed by atoms with Gasteiger partial charge < -0.3 is 10.1 Å². The highest BCUT2D eigenvalue weighted by atomic mass is 32.2. The molecule has 0 bridgehead atoms. The molecule has 2 unspecified atom stereocenters. The van der Waals surface area contributed by atoms with E-state index in [-0.39, 0.29) is 6.04 Å². The quantitative estimate of drug-likeness (QED) is 0.840. The molecular formula is C16H25NO2S. The molecule has 0 spiro atoms. The summed E-state index contributed by atoms with van der Waals surface area (Å²) in [6, 6.07) is 8.17. The number of ether oxygens (including phenoxy) is 1. The van der Waals surface area contributed by atoms with Gasteiger partial charge >= 0.3 is 0 Å². The molecule has 1 aromatic rings. The molecule has 3 nitrogen and oxygen atoms in total. The molecule has 0 aliphatic heterocycles. The molecular weight excluding hydrogens is 270 g/mol. The largest absolute Gasteiger partial charge is 0.497 e. The van der Waals surface area contributed by atoms with Crippen molar-refractivity contribution in [2.45, 2.75) is 31.7 Å². The van der Waals surface area contributed by atoms with E-state index in [0.717, 1.165) is 11.5 Å². The summed E-state index contributed by atoms with van der Waals surface area (Å²) in [5, 5.41) is 3.28. The summed E-state index contributed by atoms with van der Waals surface area (Å²) in [5.41, 5.74) is 1.17. The minimum absolute atomic E-state index is 0.156. The molecule has 20 heavy (non-hydrogen) atoms. The fourth-order valence-corrected chi connectivity index (χ4v) is 4.60. The van der Waals surface area contributed by atoms with Crippen LogP contribution in [0.1, 0.15) is 37.3 Å².